The van der Waals surface area contributed by atoms with Gasteiger partial charge in [0.15, 0.2) is 0 Å². The molecule has 0 aliphatic carbocycles. The van der Waals surface area contributed by atoms with E-state index in [0.717, 1.165) is 0 Å². The first-order valence-electron chi connectivity index (χ1n) is 3.58. The molecular weight excluding hydrogens is 188 g/mol. The van der Waals surface area contributed by atoms with Gasteiger partial charge in [-0.15, -0.1) is 0 Å². The Morgan fingerprint density at radius 3 is 3.08 bits per heavy atom. The first-order chi connectivity index (χ1) is 6.20. The molecule has 0 atom stereocenters. The number of pyridine rings is 1. The number of carbonyl (C=O) groups is 1. The van der Waals surface area contributed by atoms with Crippen LogP contribution in [0.5, 0.6) is 0 Å². The van der Waals surface area contributed by atoms with Crippen LogP contribution in [0.4, 0.5) is 0 Å². The van der Waals surface area contributed by atoms with Crippen LogP contribution in [-0.4, -0.2) is 10.9 Å². The fraction of sp³-hybridized carbons (Fsp3) is 0.111. The van der Waals surface area contributed by atoms with Gasteiger partial charge in [-0.2, -0.15) is 0 Å². The van der Waals surface area contributed by atoms with Crippen molar-refractivity contribution in [2.45, 2.75) is 6.42 Å². The highest BCUT2D eigenvalue weighted by Gasteiger charge is 1.94. The number of carbonyl (C=O) groups excluding carboxylic acids is 1. The van der Waals surface area contributed by atoms with E-state index in [9.17, 15) is 4.79 Å². The van der Waals surface area contributed by atoms with Crippen molar-refractivity contribution >= 4 is 17.5 Å². The van der Waals surface area contributed by atoms with Crippen molar-refractivity contribution in [3.05, 3.63) is 29.0 Å². The van der Waals surface area contributed by atoms with Gasteiger partial charge in [0.05, 0.1) is 11.4 Å². The van der Waals surface area contributed by atoms with Crippen molar-refractivity contribution in [2.24, 2.45) is 5.73 Å². The number of halogens is 1. The zero-order valence-electron chi connectivity index (χ0n) is 6.75. The third-order valence-corrected chi connectivity index (χ3v) is 1.53. The van der Waals surface area contributed by atoms with Gasteiger partial charge in [0, 0.05) is 6.20 Å². The molecular formula is C9H7ClN2O. The summed E-state index contributed by atoms with van der Waals surface area (Å²) in [6.07, 6.45) is 1.60. The van der Waals surface area contributed by atoms with E-state index < -0.39 is 5.91 Å². The zero-order chi connectivity index (χ0) is 9.68. The smallest absolute Gasteiger partial charge is 0.229 e. The Labute approximate surface area is 80.9 Å². The maximum Gasteiger partial charge on any atom is 0.229 e. The van der Waals surface area contributed by atoms with Gasteiger partial charge in [-0.25, -0.2) is 4.98 Å². The molecule has 1 aromatic heterocycles. The van der Waals surface area contributed by atoms with E-state index in [2.05, 4.69) is 16.8 Å². The summed E-state index contributed by atoms with van der Waals surface area (Å²) in [6.45, 7) is 0. The van der Waals surface area contributed by atoms with Gasteiger partial charge in [0.2, 0.25) is 5.91 Å². The lowest BCUT2D eigenvalue weighted by Crippen LogP contribution is -2.08. The molecule has 0 saturated heterocycles. The second-order valence-electron chi connectivity index (χ2n) is 2.28. The van der Waals surface area contributed by atoms with E-state index in [4.69, 9.17) is 17.3 Å². The van der Waals surface area contributed by atoms with E-state index in [1.54, 1.807) is 18.3 Å². The Hall–Kier alpha value is -1.53. The van der Waals surface area contributed by atoms with E-state index in [1.165, 1.54) is 0 Å². The van der Waals surface area contributed by atoms with Crippen LogP contribution in [0.15, 0.2) is 18.3 Å². The second-order valence-corrected chi connectivity index (χ2v) is 2.69. The van der Waals surface area contributed by atoms with Crippen LogP contribution >= 0.6 is 11.6 Å². The quantitative estimate of drug-likeness (QED) is 0.678. The molecule has 0 fully saturated rings. The lowest BCUT2D eigenvalue weighted by Gasteiger charge is -1.90. The fourth-order valence-electron chi connectivity index (χ4n) is 0.693. The third-order valence-electron chi connectivity index (χ3n) is 1.23. The van der Waals surface area contributed by atoms with Gasteiger partial charge < -0.3 is 5.73 Å². The van der Waals surface area contributed by atoms with Crippen molar-refractivity contribution in [3.8, 4) is 11.8 Å². The second kappa shape index (κ2) is 4.48. The lowest BCUT2D eigenvalue weighted by atomic mass is 10.3. The molecule has 0 radical (unpaired) electrons. The molecule has 1 heterocycles. The Morgan fingerprint density at radius 1 is 1.69 bits per heavy atom. The molecule has 0 spiro atoms. The molecule has 0 unspecified atom stereocenters. The van der Waals surface area contributed by atoms with Gasteiger partial charge in [-0.1, -0.05) is 17.5 Å². The van der Waals surface area contributed by atoms with E-state index in [1.807, 2.05) is 0 Å². The highest BCUT2D eigenvalue weighted by Crippen LogP contribution is 2.09. The minimum atomic E-state index is -0.459. The third kappa shape index (κ3) is 3.14. The normalized spacial score (nSPS) is 8.69. The predicted octanol–water partition coefficient (Wildman–Crippen LogP) is 0.962. The number of primary amides is 1. The molecule has 0 aliphatic rings. The van der Waals surface area contributed by atoms with Crippen molar-refractivity contribution in [3.63, 3.8) is 0 Å². The summed E-state index contributed by atoms with van der Waals surface area (Å²) in [6, 6.07) is 3.39. The number of nitrogens with two attached hydrogens (primary N) is 1. The SMILES string of the molecule is NC(=O)CC#Cc1ncccc1Cl. The van der Waals surface area contributed by atoms with Gasteiger partial charge >= 0.3 is 0 Å². The largest absolute Gasteiger partial charge is 0.369 e. The highest BCUT2D eigenvalue weighted by molar-refractivity contribution is 6.31. The monoisotopic (exact) mass is 194 g/mol. The standard InChI is InChI=1S/C9H7ClN2O/c10-7-3-2-6-12-8(7)4-1-5-9(11)13/h2-3,6H,5H2,(H2,11,13). The maximum absolute atomic E-state index is 10.3. The lowest BCUT2D eigenvalue weighted by molar-refractivity contribution is -0.117. The van der Waals surface area contributed by atoms with Crippen LogP contribution in [0.25, 0.3) is 0 Å². The minimum absolute atomic E-state index is 0.0207. The first kappa shape index (κ1) is 9.56. The summed E-state index contributed by atoms with van der Waals surface area (Å²) in [4.78, 5) is 14.3. The van der Waals surface area contributed by atoms with Crippen molar-refractivity contribution < 1.29 is 4.79 Å². The van der Waals surface area contributed by atoms with E-state index >= 15 is 0 Å². The molecule has 66 valence electrons. The Balaban J connectivity index is 2.77. The fourth-order valence-corrected chi connectivity index (χ4v) is 0.861. The first-order valence-corrected chi connectivity index (χ1v) is 3.95. The summed E-state index contributed by atoms with van der Waals surface area (Å²) in [5.74, 6) is 4.76. The number of nitrogens with zero attached hydrogens (tertiary/aromatic N) is 1. The minimum Gasteiger partial charge on any atom is -0.369 e. The summed E-state index contributed by atoms with van der Waals surface area (Å²) in [5, 5.41) is 0.472. The summed E-state index contributed by atoms with van der Waals surface area (Å²) >= 11 is 5.76. The molecule has 0 bridgehead atoms. The number of rotatable bonds is 1. The predicted molar refractivity (Wildman–Crippen MR) is 49.9 cm³/mol. The summed E-state index contributed by atoms with van der Waals surface area (Å²) < 4.78 is 0. The molecule has 2 N–H and O–H groups in total. The van der Waals surface area contributed by atoms with E-state index in [-0.39, 0.29) is 6.42 Å². The van der Waals surface area contributed by atoms with Crippen LogP contribution in [0.3, 0.4) is 0 Å². The number of amides is 1. The topological polar surface area (TPSA) is 56.0 Å². The van der Waals surface area contributed by atoms with Crippen LogP contribution in [0, 0.1) is 11.8 Å². The average molecular weight is 195 g/mol. The molecule has 0 saturated carbocycles. The van der Waals surface area contributed by atoms with Crippen LogP contribution in [0.1, 0.15) is 12.1 Å². The van der Waals surface area contributed by atoms with Gasteiger partial charge in [0.1, 0.15) is 5.69 Å². The molecule has 1 amide bonds. The average Bonchev–Trinajstić information content (AvgIpc) is 2.08. The molecule has 4 heteroatoms. The van der Waals surface area contributed by atoms with Crippen molar-refractivity contribution in [1.29, 1.82) is 0 Å². The van der Waals surface area contributed by atoms with Crippen LogP contribution in [-0.2, 0) is 4.79 Å². The number of hydrogen-bond acceptors (Lipinski definition) is 2. The molecule has 0 aliphatic heterocycles. The van der Waals surface area contributed by atoms with Gasteiger partial charge in [0.25, 0.3) is 0 Å². The summed E-state index contributed by atoms with van der Waals surface area (Å²) in [7, 11) is 0. The molecule has 13 heavy (non-hydrogen) atoms. The zero-order valence-corrected chi connectivity index (χ0v) is 7.51. The molecule has 0 aromatic carbocycles. The van der Waals surface area contributed by atoms with Crippen LogP contribution in [0.2, 0.25) is 5.02 Å². The van der Waals surface area contributed by atoms with Gasteiger partial charge in [-0.05, 0) is 18.1 Å². The number of hydrogen-bond donors (Lipinski definition) is 1. The number of aromatic nitrogens is 1. The molecule has 1 rings (SSSR count). The van der Waals surface area contributed by atoms with E-state index in [0.29, 0.717) is 10.7 Å². The summed E-state index contributed by atoms with van der Waals surface area (Å²) in [5.41, 5.74) is 5.36. The Kier molecular flexibility index (Phi) is 3.30. The van der Waals surface area contributed by atoms with Crippen LogP contribution < -0.4 is 5.73 Å². The Morgan fingerprint density at radius 2 is 2.46 bits per heavy atom. The molecule has 3 nitrogen and oxygen atoms in total. The van der Waals surface area contributed by atoms with Crippen molar-refractivity contribution in [1.82, 2.24) is 4.98 Å². The Bertz CT molecular complexity index is 379. The molecule has 1 aromatic rings. The van der Waals surface area contributed by atoms with Gasteiger partial charge in [-0.3, -0.25) is 4.79 Å². The maximum atomic E-state index is 10.3. The van der Waals surface area contributed by atoms with Crippen molar-refractivity contribution in [2.75, 3.05) is 0 Å². The highest BCUT2D eigenvalue weighted by atomic mass is 35.5.